The molecule has 3 aromatic rings. The summed E-state index contributed by atoms with van der Waals surface area (Å²) in [6.45, 7) is 1.88. The third-order valence-corrected chi connectivity index (χ3v) is 6.91. The molecule has 2 bridgehead atoms. The molecule has 5 rings (SSSR count). The van der Waals surface area contributed by atoms with E-state index in [4.69, 9.17) is 9.47 Å². The molecule has 1 aromatic heterocycles. The minimum absolute atomic E-state index is 0.295. The minimum Gasteiger partial charge on any atom is -0.466 e. The first kappa shape index (κ1) is 23.8. The van der Waals surface area contributed by atoms with E-state index in [0.29, 0.717) is 36.1 Å². The Kier molecular flexibility index (Phi) is 6.57. The number of hydrogen-bond donors (Lipinski definition) is 2. The van der Waals surface area contributed by atoms with Crippen LogP contribution in [0.15, 0.2) is 90.1 Å². The number of methoxy groups -OCH3 is 1. The standard InChI is InChI=1S/C29H29N3O4/c1-19-13-14-22(18-30-19)32-27(33)25-23-15-16-29(36-23,26(25)28(34)35-2)24(17-20-9-5-3-6-10-20)31-21-11-7-4-8-12-21/h3-14,18,23-24,31H,15-17H2,1-2H3,(H,32,33). The van der Waals surface area contributed by atoms with E-state index in [1.807, 2.05) is 61.5 Å². The largest absolute Gasteiger partial charge is 0.466 e. The summed E-state index contributed by atoms with van der Waals surface area (Å²) in [5, 5.41) is 6.50. The first-order valence-corrected chi connectivity index (χ1v) is 12.1. The second-order valence-corrected chi connectivity index (χ2v) is 9.21. The summed E-state index contributed by atoms with van der Waals surface area (Å²) in [5.41, 5.74) is 3.03. The number of esters is 1. The van der Waals surface area contributed by atoms with Crippen LogP contribution in [0, 0.1) is 6.92 Å². The molecule has 2 aliphatic rings. The second-order valence-electron chi connectivity index (χ2n) is 9.21. The molecule has 36 heavy (non-hydrogen) atoms. The molecule has 3 unspecified atom stereocenters. The SMILES string of the molecule is COC(=O)C1=C(C(=O)Nc2ccc(C)nc2)C2CCC1(C(Cc1ccccc1)Nc1ccccc1)O2. The van der Waals surface area contributed by atoms with Gasteiger partial charge in [-0.15, -0.1) is 0 Å². The fourth-order valence-electron chi connectivity index (χ4n) is 5.23. The van der Waals surface area contributed by atoms with Crippen LogP contribution in [0.25, 0.3) is 0 Å². The van der Waals surface area contributed by atoms with Crippen molar-refractivity contribution in [1.29, 1.82) is 0 Å². The number of anilines is 2. The average Bonchev–Trinajstić information content (AvgIpc) is 3.49. The number of pyridine rings is 1. The molecule has 2 aliphatic heterocycles. The van der Waals surface area contributed by atoms with Gasteiger partial charge >= 0.3 is 5.97 Å². The molecule has 0 radical (unpaired) electrons. The van der Waals surface area contributed by atoms with Crippen LogP contribution in [0.2, 0.25) is 0 Å². The van der Waals surface area contributed by atoms with Gasteiger partial charge in [0.2, 0.25) is 0 Å². The Labute approximate surface area is 210 Å². The first-order valence-electron chi connectivity index (χ1n) is 12.1. The highest BCUT2D eigenvalue weighted by Gasteiger charge is 2.60. The maximum absolute atomic E-state index is 13.5. The van der Waals surface area contributed by atoms with Gasteiger partial charge in [0.05, 0.1) is 42.3 Å². The highest BCUT2D eigenvalue weighted by atomic mass is 16.5. The molecule has 2 N–H and O–H groups in total. The molecule has 184 valence electrons. The molecule has 1 saturated heterocycles. The molecule has 3 heterocycles. The number of rotatable bonds is 8. The number of carbonyl (C=O) groups is 2. The molecule has 0 spiro atoms. The predicted octanol–water partition coefficient (Wildman–Crippen LogP) is 4.45. The number of nitrogens with one attached hydrogen (secondary N) is 2. The molecule has 0 saturated carbocycles. The number of nitrogens with zero attached hydrogens (tertiary/aromatic N) is 1. The van der Waals surface area contributed by atoms with Crippen molar-refractivity contribution >= 4 is 23.3 Å². The Morgan fingerprint density at radius 1 is 1.06 bits per heavy atom. The number of aryl methyl sites for hydroxylation is 1. The van der Waals surface area contributed by atoms with Crippen LogP contribution in [0.1, 0.15) is 24.1 Å². The van der Waals surface area contributed by atoms with Gasteiger partial charge in [0.15, 0.2) is 0 Å². The van der Waals surface area contributed by atoms with Gasteiger partial charge in [-0.3, -0.25) is 9.78 Å². The summed E-state index contributed by atoms with van der Waals surface area (Å²) in [6, 6.07) is 23.2. The minimum atomic E-state index is -1.01. The second kappa shape index (κ2) is 9.95. The van der Waals surface area contributed by atoms with Crippen molar-refractivity contribution in [2.75, 3.05) is 17.7 Å². The van der Waals surface area contributed by atoms with Gasteiger partial charge in [-0.1, -0.05) is 48.5 Å². The molecular weight excluding hydrogens is 454 g/mol. The van der Waals surface area contributed by atoms with E-state index in [-0.39, 0.29) is 11.9 Å². The van der Waals surface area contributed by atoms with Gasteiger partial charge in [0, 0.05) is 11.4 Å². The molecule has 2 aromatic carbocycles. The molecule has 1 fully saturated rings. The number of fused-ring (bicyclic) bond motifs is 2. The van der Waals surface area contributed by atoms with E-state index in [2.05, 4.69) is 27.8 Å². The first-order chi connectivity index (χ1) is 17.5. The van der Waals surface area contributed by atoms with E-state index in [1.165, 1.54) is 7.11 Å². The van der Waals surface area contributed by atoms with Crippen molar-refractivity contribution in [3.8, 4) is 0 Å². The summed E-state index contributed by atoms with van der Waals surface area (Å²) in [4.78, 5) is 31.0. The number of amides is 1. The van der Waals surface area contributed by atoms with Gasteiger partial charge in [0.1, 0.15) is 5.60 Å². The Bertz CT molecular complexity index is 1230. The van der Waals surface area contributed by atoms with Gasteiger partial charge in [-0.05, 0) is 56.0 Å². The molecular formula is C29H29N3O4. The summed E-state index contributed by atoms with van der Waals surface area (Å²) in [5.74, 6) is -0.914. The van der Waals surface area contributed by atoms with Crippen molar-refractivity contribution in [3.63, 3.8) is 0 Å². The normalized spacial score (nSPS) is 21.2. The van der Waals surface area contributed by atoms with Gasteiger partial charge in [-0.2, -0.15) is 0 Å². The third-order valence-electron chi connectivity index (χ3n) is 6.91. The summed E-state index contributed by atoms with van der Waals surface area (Å²) in [7, 11) is 1.34. The van der Waals surface area contributed by atoms with Crippen LogP contribution in [0.3, 0.4) is 0 Å². The molecule has 3 atom stereocenters. The highest BCUT2D eigenvalue weighted by molar-refractivity contribution is 6.11. The maximum atomic E-state index is 13.5. The van der Waals surface area contributed by atoms with Crippen molar-refractivity contribution < 1.29 is 19.1 Å². The van der Waals surface area contributed by atoms with Crippen molar-refractivity contribution in [2.45, 2.75) is 43.9 Å². The van der Waals surface area contributed by atoms with E-state index in [0.717, 1.165) is 16.9 Å². The van der Waals surface area contributed by atoms with Gasteiger partial charge in [0.25, 0.3) is 5.91 Å². The maximum Gasteiger partial charge on any atom is 0.337 e. The van der Waals surface area contributed by atoms with Crippen molar-refractivity contribution in [3.05, 3.63) is 101 Å². The molecule has 1 amide bonds. The number of carbonyl (C=O) groups excluding carboxylic acids is 2. The predicted molar refractivity (Wildman–Crippen MR) is 137 cm³/mol. The highest BCUT2D eigenvalue weighted by Crippen LogP contribution is 2.51. The molecule has 0 aliphatic carbocycles. The lowest BCUT2D eigenvalue weighted by molar-refractivity contribution is -0.138. The molecule has 7 heteroatoms. The van der Waals surface area contributed by atoms with Crippen LogP contribution in [0.4, 0.5) is 11.4 Å². The van der Waals surface area contributed by atoms with Crippen molar-refractivity contribution in [1.82, 2.24) is 4.98 Å². The van der Waals surface area contributed by atoms with E-state index >= 15 is 0 Å². The van der Waals surface area contributed by atoms with Crippen LogP contribution in [0.5, 0.6) is 0 Å². The van der Waals surface area contributed by atoms with Crippen molar-refractivity contribution in [2.24, 2.45) is 0 Å². The van der Waals surface area contributed by atoms with Gasteiger partial charge < -0.3 is 20.1 Å². The van der Waals surface area contributed by atoms with Gasteiger partial charge in [-0.25, -0.2) is 4.79 Å². The van der Waals surface area contributed by atoms with Crippen LogP contribution in [-0.4, -0.2) is 41.7 Å². The van der Waals surface area contributed by atoms with Crippen LogP contribution < -0.4 is 10.6 Å². The smallest absolute Gasteiger partial charge is 0.337 e. The Morgan fingerprint density at radius 3 is 2.44 bits per heavy atom. The number of benzene rings is 2. The lowest BCUT2D eigenvalue weighted by Gasteiger charge is -2.37. The number of aromatic nitrogens is 1. The molecule has 7 nitrogen and oxygen atoms in total. The topological polar surface area (TPSA) is 89.6 Å². The summed E-state index contributed by atoms with van der Waals surface area (Å²) >= 11 is 0. The fraction of sp³-hybridized carbons (Fsp3) is 0.276. The number of para-hydroxylation sites is 1. The van der Waals surface area contributed by atoms with E-state index in [1.54, 1.807) is 12.3 Å². The Hall–Kier alpha value is -3.97. The third kappa shape index (κ3) is 4.50. The summed E-state index contributed by atoms with van der Waals surface area (Å²) in [6.07, 6.45) is 2.94. The zero-order chi connectivity index (χ0) is 25.1. The number of hydrogen-bond acceptors (Lipinski definition) is 6. The summed E-state index contributed by atoms with van der Waals surface area (Å²) < 4.78 is 11.8. The lowest BCUT2D eigenvalue weighted by atomic mass is 9.75. The fourth-order valence-corrected chi connectivity index (χ4v) is 5.23. The zero-order valence-electron chi connectivity index (χ0n) is 20.4. The van der Waals surface area contributed by atoms with Crippen LogP contribution >= 0.6 is 0 Å². The quantitative estimate of drug-likeness (QED) is 0.460. The van der Waals surface area contributed by atoms with E-state index in [9.17, 15) is 9.59 Å². The van der Waals surface area contributed by atoms with E-state index < -0.39 is 17.7 Å². The Balaban J connectivity index is 1.56. The lowest BCUT2D eigenvalue weighted by Crippen LogP contribution is -2.50. The monoisotopic (exact) mass is 483 g/mol. The zero-order valence-corrected chi connectivity index (χ0v) is 20.4. The van der Waals surface area contributed by atoms with Crippen LogP contribution in [-0.2, 0) is 25.5 Å². The Morgan fingerprint density at radius 2 is 1.78 bits per heavy atom. The average molecular weight is 484 g/mol. The number of ether oxygens (including phenoxy) is 2.